The van der Waals surface area contributed by atoms with Gasteiger partial charge in [-0.3, -0.25) is 4.84 Å². The Labute approximate surface area is 54.4 Å². The molecule has 0 atom stereocenters. The predicted molar refractivity (Wildman–Crippen MR) is 32.1 cm³/mol. The lowest BCUT2D eigenvalue weighted by molar-refractivity contribution is -0.0404. The summed E-state index contributed by atoms with van der Waals surface area (Å²) in [5, 5.41) is 0. The summed E-state index contributed by atoms with van der Waals surface area (Å²) in [5.74, 6) is 0.223. The van der Waals surface area contributed by atoms with Crippen LogP contribution in [0.3, 0.4) is 0 Å². The summed E-state index contributed by atoms with van der Waals surface area (Å²) >= 11 is 0. The first-order valence-electron chi connectivity index (χ1n) is 2.71. The molecule has 1 aliphatic rings. The fourth-order valence-electron chi connectivity index (χ4n) is 0.822. The fraction of sp³-hybridized carbons (Fsp3) is 1.00. The summed E-state index contributed by atoms with van der Waals surface area (Å²) in [6.07, 6.45) is 0.677. The standard InChI is InChI=1S/C4H9NO3S/c1-8-5-3-2-4-9(5,6)7/h2-4H2,1H3. The molecule has 0 aromatic carbocycles. The molecule has 4 nitrogen and oxygen atoms in total. The Morgan fingerprint density at radius 3 is 2.44 bits per heavy atom. The van der Waals surface area contributed by atoms with Gasteiger partial charge in [-0.15, -0.1) is 0 Å². The molecule has 1 saturated heterocycles. The smallest absolute Gasteiger partial charge is 0.236 e. The zero-order chi connectivity index (χ0) is 6.91. The van der Waals surface area contributed by atoms with Crippen molar-refractivity contribution in [3.8, 4) is 0 Å². The van der Waals surface area contributed by atoms with Gasteiger partial charge in [0.15, 0.2) is 0 Å². The van der Waals surface area contributed by atoms with E-state index in [4.69, 9.17) is 0 Å². The predicted octanol–water partition coefficient (Wildman–Crippen LogP) is -0.417. The highest BCUT2D eigenvalue weighted by Crippen LogP contribution is 2.11. The van der Waals surface area contributed by atoms with E-state index in [9.17, 15) is 8.42 Å². The first-order valence-corrected chi connectivity index (χ1v) is 4.32. The minimum Gasteiger partial charge on any atom is -0.288 e. The minimum absolute atomic E-state index is 0.223. The van der Waals surface area contributed by atoms with Gasteiger partial charge in [-0.2, -0.15) is 0 Å². The summed E-state index contributed by atoms with van der Waals surface area (Å²) < 4.78 is 22.6. The van der Waals surface area contributed by atoms with Gasteiger partial charge in [0.25, 0.3) is 0 Å². The van der Waals surface area contributed by atoms with Crippen LogP contribution >= 0.6 is 0 Å². The number of sulfonamides is 1. The second-order valence-corrected chi connectivity index (χ2v) is 3.86. The van der Waals surface area contributed by atoms with E-state index in [1.165, 1.54) is 7.11 Å². The van der Waals surface area contributed by atoms with Crippen molar-refractivity contribution >= 4 is 10.0 Å². The van der Waals surface area contributed by atoms with Crippen molar-refractivity contribution in [2.75, 3.05) is 19.4 Å². The van der Waals surface area contributed by atoms with Gasteiger partial charge in [0, 0.05) is 6.54 Å². The summed E-state index contributed by atoms with van der Waals surface area (Å²) in [6, 6.07) is 0. The molecular weight excluding hydrogens is 142 g/mol. The van der Waals surface area contributed by atoms with Gasteiger partial charge in [-0.05, 0) is 6.42 Å². The molecule has 0 spiro atoms. The first kappa shape index (κ1) is 6.98. The second-order valence-electron chi connectivity index (χ2n) is 1.88. The molecule has 1 fully saturated rings. The van der Waals surface area contributed by atoms with E-state index in [-0.39, 0.29) is 5.75 Å². The van der Waals surface area contributed by atoms with Crippen LogP contribution in [0.5, 0.6) is 0 Å². The maximum atomic E-state index is 10.8. The maximum Gasteiger partial charge on any atom is 0.236 e. The van der Waals surface area contributed by atoms with Crippen molar-refractivity contribution in [2.24, 2.45) is 0 Å². The van der Waals surface area contributed by atoms with Gasteiger partial charge in [0.05, 0.1) is 12.9 Å². The molecule has 0 aromatic heterocycles. The van der Waals surface area contributed by atoms with Crippen molar-refractivity contribution in [1.82, 2.24) is 4.47 Å². The zero-order valence-corrected chi connectivity index (χ0v) is 6.02. The largest absolute Gasteiger partial charge is 0.288 e. The molecule has 0 unspecified atom stereocenters. The molecule has 5 heteroatoms. The van der Waals surface area contributed by atoms with E-state index in [1.807, 2.05) is 0 Å². The SMILES string of the molecule is CON1CCCS1(=O)=O. The molecule has 1 rings (SSSR count). The lowest BCUT2D eigenvalue weighted by Crippen LogP contribution is -2.23. The van der Waals surface area contributed by atoms with Gasteiger partial charge in [-0.25, -0.2) is 8.42 Å². The molecule has 54 valence electrons. The molecule has 0 bridgehead atoms. The summed E-state index contributed by atoms with van der Waals surface area (Å²) in [7, 11) is -1.66. The van der Waals surface area contributed by atoms with Gasteiger partial charge < -0.3 is 0 Å². The maximum absolute atomic E-state index is 10.8. The van der Waals surface area contributed by atoms with E-state index in [0.29, 0.717) is 13.0 Å². The number of rotatable bonds is 1. The van der Waals surface area contributed by atoms with Crippen LogP contribution in [-0.4, -0.2) is 32.3 Å². The Morgan fingerprint density at radius 1 is 1.56 bits per heavy atom. The van der Waals surface area contributed by atoms with E-state index in [2.05, 4.69) is 4.84 Å². The Kier molecular flexibility index (Phi) is 1.74. The van der Waals surface area contributed by atoms with Gasteiger partial charge >= 0.3 is 0 Å². The van der Waals surface area contributed by atoms with Crippen molar-refractivity contribution in [3.05, 3.63) is 0 Å². The third-order valence-electron chi connectivity index (χ3n) is 1.26. The van der Waals surface area contributed by atoms with Crippen LogP contribution in [-0.2, 0) is 14.9 Å². The van der Waals surface area contributed by atoms with Crippen molar-refractivity contribution in [2.45, 2.75) is 6.42 Å². The monoisotopic (exact) mass is 151 g/mol. The normalized spacial score (nSPS) is 26.8. The quantitative estimate of drug-likeness (QED) is 0.511. The van der Waals surface area contributed by atoms with Crippen LogP contribution < -0.4 is 0 Å². The van der Waals surface area contributed by atoms with Crippen LogP contribution in [0.1, 0.15) is 6.42 Å². The Morgan fingerprint density at radius 2 is 2.22 bits per heavy atom. The van der Waals surface area contributed by atoms with E-state index < -0.39 is 10.0 Å². The average molecular weight is 151 g/mol. The van der Waals surface area contributed by atoms with Crippen molar-refractivity contribution in [3.63, 3.8) is 0 Å². The highest BCUT2D eigenvalue weighted by atomic mass is 32.2. The molecule has 0 aliphatic carbocycles. The molecule has 0 aromatic rings. The van der Waals surface area contributed by atoms with E-state index in [1.54, 1.807) is 0 Å². The van der Waals surface area contributed by atoms with Crippen LogP contribution in [0.15, 0.2) is 0 Å². The molecule has 0 radical (unpaired) electrons. The van der Waals surface area contributed by atoms with Gasteiger partial charge in [0.2, 0.25) is 10.0 Å². The number of hydrogen-bond donors (Lipinski definition) is 0. The van der Waals surface area contributed by atoms with Crippen molar-refractivity contribution < 1.29 is 13.3 Å². The van der Waals surface area contributed by atoms with Gasteiger partial charge in [-0.1, -0.05) is 4.47 Å². The van der Waals surface area contributed by atoms with Crippen molar-refractivity contribution in [1.29, 1.82) is 0 Å². The summed E-state index contributed by atoms with van der Waals surface area (Å²) in [5.41, 5.74) is 0. The highest BCUT2D eigenvalue weighted by molar-refractivity contribution is 7.89. The topological polar surface area (TPSA) is 46.6 Å². The molecule has 1 heterocycles. The second kappa shape index (κ2) is 2.24. The molecule has 9 heavy (non-hydrogen) atoms. The molecule has 0 amide bonds. The summed E-state index contributed by atoms with van der Waals surface area (Å²) in [6.45, 7) is 0.499. The van der Waals surface area contributed by atoms with E-state index in [0.717, 1.165) is 4.47 Å². The average Bonchev–Trinajstić information content (AvgIpc) is 2.08. The lowest BCUT2D eigenvalue weighted by atomic mass is 10.5. The minimum atomic E-state index is -3.03. The van der Waals surface area contributed by atoms with Crippen LogP contribution in [0, 0.1) is 0 Å². The Hall–Kier alpha value is -0.130. The fourth-order valence-corrected chi connectivity index (χ4v) is 2.15. The van der Waals surface area contributed by atoms with Crippen LogP contribution in [0.25, 0.3) is 0 Å². The number of hydroxylamine groups is 1. The van der Waals surface area contributed by atoms with Crippen LogP contribution in [0.4, 0.5) is 0 Å². The van der Waals surface area contributed by atoms with E-state index >= 15 is 0 Å². The molecule has 0 saturated carbocycles. The molecule has 1 aliphatic heterocycles. The summed E-state index contributed by atoms with van der Waals surface area (Å²) in [4.78, 5) is 4.57. The lowest BCUT2D eigenvalue weighted by Gasteiger charge is -2.08. The van der Waals surface area contributed by atoms with Gasteiger partial charge in [0.1, 0.15) is 0 Å². The third kappa shape index (κ3) is 1.23. The zero-order valence-electron chi connectivity index (χ0n) is 5.20. The third-order valence-corrected chi connectivity index (χ3v) is 3.01. The first-order chi connectivity index (χ1) is 4.17. The molecule has 0 N–H and O–H groups in total. The number of nitrogens with zero attached hydrogens (tertiary/aromatic N) is 1. The molecular formula is C4H9NO3S. The highest BCUT2D eigenvalue weighted by Gasteiger charge is 2.27. The Bertz CT molecular complexity index is 186. The number of hydrogen-bond acceptors (Lipinski definition) is 3. The van der Waals surface area contributed by atoms with Crippen LogP contribution in [0.2, 0.25) is 0 Å². The Balaban J connectivity index is 2.75.